The number of nitrogens with two attached hydrogens (primary N) is 2. The van der Waals surface area contributed by atoms with Crippen molar-refractivity contribution in [1.29, 1.82) is 0 Å². The molecular weight excluding hydrogens is 236 g/mol. The van der Waals surface area contributed by atoms with Crippen molar-refractivity contribution in [2.24, 2.45) is 12.8 Å². The molecule has 0 saturated carbocycles. The maximum Gasteiger partial charge on any atom is 0.0955 e. The summed E-state index contributed by atoms with van der Waals surface area (Å²) in [6, 6.07) is 13.6. The Hall–Kier alpha value is -2.33. The smallest absolute Gasteiger partial charge is 0.0955 e. The maximum absolute atomic E-state index is 6.29. The van der Waals surface area contributed by atoms with Gasteiger partial charge < -0.3 is 16.0 Å². The summed E-state index contributed by atoms with van der Waals surface area (Å²) < 4.78 is 1.99. The first-order valence-electron chi connectivity index (χ1n) is 6.17. The summed E-state index contributed by atoms with van der Waals surface area (Å²) in [6.07, 6.45) is 1.81. The maximum atomic E-state index is 6.29. The third kappa shape index (κ3) is 2.06. The average Bonchev–Trinajstić information content (AvgIpc) is 2.80. The molecule has 3 aromatic rings. The molecule has 2 aromatic carbocycles. The Kier molecular flexibility index (Phi) is 2.72. The first-order valence-corrected chi connectivity index (χ1v) is 6.17. The van der Waals surface area contributed by atoms with Crippen LogP contribution in [-0.2, 0) is 7.05 Å². The van der Waals surface area contributed by atoms with Gasteiger partial charge in [0, 0.05) is 12.7 Å². The van der Waals surface area contributed by atoms with Crippen LogP contribution in [0, 0.1) is 0 Å². The zero-order valence-corrected chi connectivity index (χ0v) is 10.7. The van der Waals surface area contributed by atoms with Crippen molar-refractivity contribution >= 4 is 16.7 Å². The van der Waals surface area contributed by atoms with Gasteiger partial charge in [0.2, 0.25) is 0 Å². The Balaban J connectivity index is 2.01. The number of aryl methyl sites for hydroxylation is 1. The van der Waals surface area contributed by atoms with E-state index in [2.05, 4.69) is 11.1 Å². The first-order chi connectivity index (χ1) is 9.15. The molecule has 0 spiro atoms. The minimum absolute atomic E-state index is 0.160. The molecule has 1 atom stereocenters. The summed E-state index contributed by atoms with van der Waals surface area (Å²) in [5, 5.41) is 0. The van der Waals surface area contributed by atoms with Crippen molar-refractivity contribution in [2.45, 2.75) is 6.04 Å². The van der Waals surface area contributed by atoms with Gasteiger partial charge in [0.1, 0.15) is 0 Å². The fraction of sp³-hybridized carbons (Fsp3) is 0.133. The normalized spacial score (nSPS) is 12.7. The van der Waals surface area contributed by atoms with Crippen LogP contribution in [0.3, 0.4) is 0 Å². The molecule has 0 radical (unpaired) electrons. The van der Waals surface area contributed by atoms with Gasteiger partial charge in [-0.05, 0) is 35.4 Å². The number of nitrogens with zero attached hydrogens (tertiary/aromatic N) is 2. The number of benzene rings is 2. The summed E-state index contributed by atoms with van der Waals surface area (Å²) in [7, 11) is 1.98. The summed E-state index contributed by atoms with van der Waals surface area (Å²) >= 11 is 0. The Morgan fingerprint density at radius 2 is 1.74 bits per heavy atom. The van der Waals surface area contributed by atoms with Gasteiger partial charge >= 0.3 is 0 Å². The second kappa shape index (κ2) is 4.40. The molecule has 0 amide bonds. The van der Waals surface area contributed by atoms with E-state index in [0.717, 1.165) is 27.8 Å². The quantitative estimate of drug-likeness (QED) is 0.687. The van der Waals surface area contributed by atoms with Gasteiger partial charge in [-0.3, -0.25) is 0 Å². The van der Waals surface area contributed by atoms with E-state index in [1.807, 2.05) is 54.3 Å². The van der Waals surface area contributed by atoms with Crippen LogP contribution in [0.2, 0.25) is 0 Å². The van der Waals surface area contributed by atoms with E-state index in [9.17, 15) is 0 Å². The first kappa shape index (κ1) is 11.7. The van der Waals surface area contributed by atoms with Crippen molar-refractivity contribution < 1.29 is 0 Å². The average molecular weight is 252 g/mol. The largest absolute Gasteiger partial charge is 0.399 e. The summed E-state index contributed by atoms with van der Waals surface area (Å²) in [5.41, 5.74) is 16.9. The molecule has 4 nitrogen and oxygen atoms in total. The predicted molar refractivity (Wildman–Crippen MR) is 77.6 cm³/mol. The molecule has 0 aliphatic heterocycles. The third-order valence-electron chi connectivity index (χ3n) is 3.40. The topological polar surface area (TPSA) is 69.9 Å². The van der Waals surface area contributed by atoms with Gasteiger partial charge in [-0.25, -0.2) is 4.98 Å². The van der Waals surface area contributed by atoms with Crippen molar-refractivity contribution in [2.75, 3.05) is 5.73 Å². The number of aromatic nitrogens is 2. The highest BCUT2D eigenvalue weighted by atomic mass is 15.0. The highest BCUT2D eigenvalue weighted by Crippen LogP contribution is 2.23. The molecular formula is C15H16N4. The lowest BCUT2D eigenvalue weighted by Crippen LogP contribution is -2.11. The summed E-state index contributed by atoms with van der Waals surface area (Å²) in [5.74, 6) is 0. The van der Waals surface area contributed by atoms with E-state index in [4.69, 9.17) is 11.5 Å². The predicted octanol–water partition coefficient (Wildman–Crippen LogP) is 2.20. The molecule has 3 rings (SSSR count). The molecule has 1 unspecified atom stereocenters. The van der Waals surface area contributed by atoms with Crippen LogP contribution in [0.25, 0.3) is 11.0 Å². The van der Waals surface area contributed by atoms with Crippen LogP contribution >= 0.6 is 0 Å². The Labute approximate surface area is 111 Å². The van der Waals surface area contributed by atoms with Gasteiger partial charge in [0.15, 0.2) is 0 Å². The Morgan fingerprint density at radius 3 is 2.47 bits per heavy atom. The second-order valence-electron chi connectivity index (χ2n) is 4.75. The number of imidazole rings is 1. The van der Waals surface area contributed by atoms with Crippen LogP contribution < -0.4 is 11.5 Å². The van der Waals surface area contributed by atoms with E-state index >= 15 is 0 Å². The second-order valence-corrected chi connectivity index (χ2v) is 4.75. The van der Waals surface area contributed by atoms with Crippen molar-refractivity contribution in [3.63, 3.8) is 0 Å². The Bertz CT molecular complexity index is 713. The van der Waals surface area contributed by atoms with E-state index in [0.29, 0.717) is 0 Å². The van der Waals surface area contributed by atoms with E-state index in [1.165, 1.54) is 0 Å². The van der Waals surface area contributed by atoms with E-state index in [1.54, 1.807) is 0 Å². The molecule has 1 heterocycles. The fourth-order valence-electron chi connectivity index (χ4n) is 2.24. The number of hydrogen-bond donors (Lipinski definition) is 2. The molecule has 0 fully saturated rings. The minimum Gasteiger partial charge on any atom is -0.399 e. The molecule has 0 saturated heterocycles. The van der Waals surface area contributed by atoms with Crippen LogP contribution in [-0.4, -0.2) is 9.55 Å². The number of fused-ring (bicyclic) bond motifs is 1. The molecule has 0 aliphatic rings. The molecule has 0 bridgehead atoms. The van der Waals surface area contributed by atoms with Crippen molar-refractivity contribution in [1.82, 2.24) is 9.55 Å². The number of hydrogen-bond acceptors (Lipinski definition) is 3. The highest BCUT2D eigenvalue weighted by molar-refractivity contribution is 5.76. The Morgan fingerprint density at radius 1 is 1.05 bits per heavy atom. The number of rotatable bonds is 2. The number of nitrogen functional groups attached to an aromatic ring is 1. The van der Waals surface area contributed by atoms with Crippen LogP contribution in [0.15, 0.2) is 48.8 Å². The van der Waals surface area contributed by atoms with E-state index < -0.39 is 0 Å². The molecule has 19 heavy (non-hydrogen) atoms. The lowest BCUT2D eigenvalue weighted by atomic mass is 9.99. The fourth-order valence-corrected chi connectivity index (χ4v) is 2.24. The highest BCUT2D eigenvalue weighted by Gasteiger charge is 2.10. The van der Waals surface area contributed by atoms with Crippen LogP contribution in [0.1, 0.15) is 17.2 Å². The van der Waals surface area contributed by atoms with Crippen LogP contribution in [0.5, 0.6) is 0 Å². The summed E-state index contributed by atoms with van der Waals surface area (Å²) in [6.45, 7) is 0. The molecule has 96 valence electrons. The molecule has 1 aromatic heterocycles. The standard InChI is InChI=1S/C15H16N4/c1-19-9-18-13-8-11(4-7-14(13)19)15(17)10-2-5-12(16)6-3-10/h2-9,15H,16-17H2,1H3. The van der Waals surface area contributed by atoms with Crippen molar-refractivity contribution in [3.05, 3.63) is 59.9 Å². The lowest BCUT2D eigenvalue weighted by Gasteiger charge is -2.13. The third-order valence-corrected chi connectivity index (χ3v) is 3.40. The minimum atomic E-state index is -0.160. The van der Waals surface area contributed by atoms with Crippen LogP contribution in [0.4, 0.5) is 5.69 Å². The summed E-state index contributed by atoms with van der Waals surface area (Å²) in [4.78, 5) is 4.36. The van der Waals surface area contributed by atoms with Gasteiger partial charge in [-0.1, -0.05) is 18.2 Å². The van der Waals surface area contributed by atoms with E-state index in [-0.39, 0.29) is 6.04 Å². The van der Waals surface area contributed by atoms with Gasteiger partial charge in [-0.2, -0.15) is 0 Å². The monoisotopic (exact) mass is 252 g/mol. The SMILES string of the molecule is Cn1cnc2cc(C(N)c3ccc(N)cc3)ccc21. The van der Waals surface area contributed by atoms with Gasteiger partial charge in [-0.15, -0.1) is 0 Å². The zero-order chi connectivity index (χ0) is 13.4. The van der Waals surface area contributed by atoms with Gasteiger partial charge in [0.05, 0.1) is 23.4 Å². The molecule has 0 aliphatic carbocycles. The number of anilines is 1. The van der Waals surface area contributed by atoms with Gasteiger partial charge in [0.25, 0.3) is 0 Å². The van der Waals surface area contributed by atoms with Crippen molar-refractivity contribution in [3.8, 4) is 0 Å². The molecule has 4 N–H and O–H groups in total. The lowest BCUT2D eigenvalue weighted by molar-refractivity contribution is 0.873. The zero-order valence-electron chi connectivity index (χ0n) is 10.7. The molecule has 4 heteroatoms.